The fraction of sp³-hybridized carbons (Fsp3) is 0.562. The van der Waals surface area contributed by atoms with E-state index in [0.29, 0.717) is 11.3 Å². The van der Waals surface area contributed by atoms with Crippen molar-refractivity contribution in [2.45, 2.75) is 38.5 Å². The molecule has 1 amide bonds. The molecule has 3 rings (SSSR count). The van der Waals surface area contributed by atoms with Crippen LogP contribution in [-0.2, 0) is 11.2 Å². The third-order valence-electron chi connectivity index (χ3n) is 5.20. The number of hydrogen-bond donors (Lipinski definition) is 1. The molecule has 2 fully saturated rings. The summed E-state index contributed by atoms with van der Waals surface area (Å²) in [6, 6.07) is 10.6. The topological polar surface area (TPSA) is 43.1 Å². The molecule has 96 valence electrons. The first kappa shape index (κ1) is 11.8. The minimum atomic E-state index is -0.0782. The number of aryl methyl sites for hydroxylation is 1. The number of benzene rings is 1. The average Bonchev–Trinajstić information content (AvgIpc) is 2.27. The summed E-state index contributed by atoms with van der Waals surface area (Å²) < 4.78 is 0. The molecular formula is C16H21NO. The summed E-state index contributed by atoms with van der Waals surface area (Å²) in [5.41, 5.74) is 7.39. The second kappa shape index (κ2) is 4.42. The van der Waals surface area contributed by atoms with Gasteiger partial charge in [0.25, 0.3) is 0 Å². The van der Waals surface area contributed by atoms with Gasteiger partial charge in [-0.25, -0.2) is 0 Å². The number of carbonyl (C=O) groups excluding carboxylic acids is 1. The average molecular weight is 243 g/mol. The second-order valence-corrected chi connectivity index (χ2v) is 6.06. The third kappa shape index (κ3) is 1.84. The third-order valence-corrected chi connectivity index (χ3v) is 5.20. The van der Waals surface area contributed by atoms with E-state index in [2.05, 4.69) is 24.3 Å². The SMILES string of the molecule is NC(=O)C1CC2(CCC2)C1CCc1ccccc1. The van der Waals surface area contributed by atoms with Crippen LogP contribution in [0, 0.1) is 17.3 Å². The molecule has 2 aliphatic carbocycles. The molecule has 1 spiro atoms. The summed E-state index contributed by atoms with van der Waals surface area (Å²) in [6.45, 7) is 0. The number of carbonyl (C=O) groups is 1. The molecule has 2 unspecified atom stereocenters. The van der Waals surface area contributed by atoms with Crippen LogP contribution < -0.4 is 5.73 Å². The van der Waals surface area contributed by atoms with Gasteiger partial charge in [-0.3, -0.25) is 4.79 Å². The van der Waals surface area contributed by atoms with Gasteiger partial charge in [-0.2, -0.15) is 0 Å². The molecule has 18 heavy (non-hydrogen) atoms. The zero-order valence-corrected chi connectivity index (χ0v) is 10.8. The lowest BCUT2D eigenvalue weighted by molar-refractivity contribution is -0.150. The van der Waals surface area contributed by atoms with Gasteiger partial charge in [0.2, 0.25) is 5.91 Å². The van der Waals surface area contributed by atoms with E-state index in [4.69, 9.17) is 5.73 Å². The van der Waals surface area contributed by atoms with E-state index in [1.165, 1.54) is 24.8 Å². The molecule has 1 aromatic carbocycles. The molecule has 0 aromatic heterocycles. The maximum Gasteiger partial charge on any atom is 0.220 e. The highest BCUT2D eigenvalue weighted by Crippen LogP contribution is 2.63. The van der Waals surface area contributed by atoms with Crippen molar-refractivity contribution in [2.24, 2.45) is 23.0 Å². The van der Waals surface area contributed by atoms with Crippen molar-refractivity contribution in [1.82, 2.24) is 0 Å². The van der Waals surface area contributed by atoms with Gasteiger partial charge >= 0.3 is 0 Å². The molecule has 2 N–H and O–H groups in total. The van der Waals surface area contributed by atoms with E-state index in [1.54, 1.807) is 0 Å². The highest BCUT2D eigenvalue weighted by atomic mass is 16.1. The summed E-state index contributed by atoms with van der Waals surface area (Å²) in [5, 5.41) is 0. The Kier molecular flexibility index (Phi) is 2.89. The first-order valence-electron chi connectivity index (χ1n) is 7.04. The van der Waals surface area contributed by atoms with Crippen molar-refractivity contribution >= 4 is 5.91 Å². The Labute approximate surface area is 109 Å². The second-order valence-electron chi connectivity index (χ2n) is 6.06. The number of nitrogens with two attached hydrogens (primary N) is 1. The van der Waals surface area contributed by atoms with Gasteiger partial charge in [-0.05, 0) is 49.0 Å². The molecule has 2 saturated carbocycles. The predicted molar refractivity (Wildman–Crippen MR) is 71.8 cm³/mol. The molecule has 0 heterocycles. The van der Waals surface area contributed by atoms with Crippen molar-refractivity contribution < 1.29 is 4.79 Å². The van der Waals surface area contributed by atoms with Gasteiger partial charge in [0.15, 0.2) is 0 Å². The number of primary amides is 1. The summed E-state index contributed by atoms with van der Waals surface area (Å²) in [6.07, 6.45) is 7.23. The van der Waals surface area contributed by atoms with Gasteiger partial charge in [0.1, 0.15) is 0 Å². The molecule has 2 heteroatoms. The van der Waals surface area contributed by atoms with E-state index in [1.807, 2.05) is 6.07 Å². The normalized spacial score (nSPS) is 28.4. The Morgan fingerprint density at radius 1 is 1.28 bits per heavy atom. The van der Waals surface area contributed by atoms with Crippen LogP contribution in [0.15, 0.2) is 30.3 Å². The van der Waals surface area contributed by atoms with Crippen LogP contribution in [-0.4, -0.2) is 5.91 Å². The van der Waals surface area contributed by atoms with E-state index < -0.39 is 0 Å². The monoisotopic (exact) mass is 243 g/mol. The highest BCUT2D eigenvalue weighted by Gasteiger charge is 2.57. The lowest BCUT2D eigenvalue weighted by Crippen LogP contribution is -2.56. The Morgan fingerprint density at radius 3 is 2.56 bits per heavy atom. The molecule has 2 atom stereocenters. The van der Waals surface area contributed by atoms with Gasteiger partial charge in [0, 0.05) is 5.92 Å². The maximum atomic E-state index is 11.5. The van der Waals surface area contributed by atoms with Crippen molar-refractivity contribution in [2.75, 3.05) is 0 Å². The van der Waals surface area contributed by atoms with Crippen LogP contribution in [0.1, 0.15) is 37.7 Å². The molecule has 0 saturated heterocycles. The van der Waals surface area contributed by atoms with Gasteiger partial charge in [-0.1, -0.05) is 36.8 Å². The Hall–Kier alpha value is -1.31. The summed E-state index contributed by atoms with van der Waals surface area (Å²) in [5.74, 6) is 0.614. The number of amides is 1. The van der Waals surface area contributed by atoms with Crippen LogP contribution in [0.25, 0.3) is 0 Å². The molecule has 0 radical (unpaired) electrons. The van der Waals surface area contributed by atoms with E-state index >= 15 is 0 Å². The van der Waals surface area contributed by atoms with Crippen LogP contribution in [0.4, 0.5) is 0 Å². The van der Waals surface area contributed by atoms with Crippen LogP contribution in [0.3, 0.4) is 0 Å². The summed E-state index contributed by atoms with van der Waals surface area (Å²) in [4.78, 5) is 11.5. The lowest BCUT2D eigenvalue weighted by Gasteiger charge is -2.60. The van der Waals surface area contributed by atoms with E-state index in [0.717, 1.165) is 19.3 Å². The van der Waals surface area contributed by atoms with Crippen molar-refractivity contribution in [3.05, 3.63) is 35.9 Å². The standard InChI is InChI=1S/C16H21NO/c17-15(18)13-11-16(9-4-10-16)14(13)8-7-12-5-2-1-3-6-12/h1-3,5-6,13-14H,4,7-11H2,(H2,17,18). The van der Waals surface area contributed by atoms with E-state index in [-0.39, 0.29) is 11.8 Å². The molecule has 2 aliphatic rings. The zero-order chi connectivity index (χ0) is 12.6. The Morgan fingerprint density at radius 2 is 2.00 bits per heavy atom. The van der Waals surface area contributed by atoms with Crippen LogP contribution in [0.2, 0.25) is 0 Å². The van der Waals surface area contributed by atoms with Gasteiger partial charge < -0.3 is 5.73 Å². The lowest BCUT2D eigenvalue weighted by atomic mass is 9.44. The largest absolute Gasteiger partial charge is 0.369 e. The number of hydrogen-bond acceptors (Lipinski definition) is 1. The number of rotatable bonds is 4. The zero-order valence-electron chi connectivity index (χ0n) is 10.8. The van der Waals surface area contributed by atoms with Crippen molar-refractivity contribution in [1.29, 1.82) is 0 Å². The molecule has 0 bridgehead atoms. The Bertz CT molecular complexity index is 436. The quantitative estimate of drug-likeness (QED) is 0.868. The van der Waals surface area contributed by atoms with Crippen LogP contribution in [0.5, 0.6) is 0 Å². The minimum absolute atomic E-state index is 0.0782. The first-order chi connectivity index (χ1) is 8.71. The van der Waals surface area contributed by atoms with Gasteiger partial charge in [0.05, 0.1) is 0 Å². The van der Waals surface area contributed by atoms with Crippen molar-refractivity contribution in [3.8, 4) is 0 Å². The van der Waals surface area contributed by atoms with E-state index in [9.17, 15) is 4.79 Å². The molecule has 1 aromatic rings. The maximum absolute atomic E-state index is 11.5. The van der Waals surface area contributed by atoms with Gasteiger partial charge in [-0.15, -0.1) is 0 Å². The smallest absolute Gasteiger partial charge is 0.220 e. The molecule has 2 nitrogen and oxygen atoms in total. The molecular weight excluding hydrogens is 222 g/mol. The van der Waals surface area contributed by atoms with Crippen molar-refractivity contribution in [3.63, 3.8) is 0 Å². The predicted octanol–water partition coefficient (Wildman–Crippen LogP) is 2.91. The fourth-order valence-corrected chi connectivity index (χ4v) is 3.98. The summed E-state index contributed by atoms with van der Waals surface area (Å²) >= 11 is 0. The Balaban J connectivity index is 1.64. The summed E-state index contributed by atoms with van der Waals surface area (Å²) in [7, 11) is 0. The highest BCUT2D eigenvalue weighted by molar-refractivity contribution is 5.78. The minimum Gasteiger partial charge on any atom is -0.369 e. The first-order valence-corrected chi connectivity index (χ1v) is 7.04. The fourth-order valence-electron chi connectivity index (χ4n) is 3.98. The molecule has 0 aliphatic heterocycles. The van der Waals surface area contributed by atoms with Crippen LogP contribution >= 0.6 is 0 Å².